The first-order valence-corrected chi connectivity index (χ1v) is 4.43. The van der Waals surface area contributed by atoms with Crippen LogP contribution in [0.5, 0.6) is 5.75 Å². The molecule has 1 rings (SSSR count). The Hall–Kier alpha value is -1.20. The summed E-state index contributed by atoms with van der Waals surface area (Å²) in [6.45, 7) is -1.23. The first-order chi connectivity index (χ1) is 6.95. The van der Waals surface area contributed by atoms with Crippen LogP contribution in [0.15, 0.2) is 24.3 Å². The summed E-state index contributed by atoms with van der Waals surface area (Å²) in [5.74, 6) is 0.0570. The molecule has 0 bridgehead atoms. The van der Waals surface area contributed by atoms with Crippen molar-refractivity contribution in [3.05, 3.63) is 29.8 Å². The fourth-order valence-electron chi connectivity index (χ4n) is 1.11. The Kier molecular flexibility index (Phi) is 3.60. The monoisotopic (exact) mass is 217 g/mol. The molecule has 1 atom stereocenters. The molecule has 5 heteroatoms. The lowest BCUT2D eigenvalue weighted by Crippen LogP contribution is -2.31. The summed E-state index contributed by atoms with van der Waals surface area (Å²) in [6.07, 6.45) is 0. The van der Waals surface area contributed by atoms with E-state index in [2.05, 4.69) is 4.74 Å². The van der Waals surface area contributed by atoms with Gasteiger partial charge in [0.15, 0.2) is 0 Å². The number of halogens is 2. The van der Waals surface area contributed by atoms with Gasteiger partial charge in [0.05, 0.1) is 5.60 Å². The number of aliphatic hydroxyl groups is 1. The number of nitrogens with two attached hydrogens (primary N) is 1. The van der Waals surface area contributed by atoms with Crippen LogP contribution in [0.1, 0.15) is 12.5 Å². The summed E-state index contributed by atoms with van der Waals surface area (Å²) >= 11 is 0. The van der Waals surface area contributed by atoms with Crippen LogP contribution >= 0.6 is 0 Å². The van der Waals surface area contributed by atoms with Crippen molar-refractivity contribution in [2.24, 2.45) is 5.73 Å². The van der Waals surface area contributed by atoms with Gasteiger partial charge in [0.1, 0.15) is 5.75 Å². The van der Waals surface area contributed by atoms with E-state index < -0.39 is 12.2 Å². The predicted octanol–water partition coefficient (Wildman–Crippen LogP) is 1.45. The van der Waals surface area contributed by atoms with Gasteiger partial charge in [-0.1, -0.05) is 12.1 Å². The number of alkyl halides is 2. The van der Waals surface area contributed by atoms with Crippen LogP contribution in [-0.2, 0) is 5.60 Å². The molecule has 0 aromatic heterocycles. The van der Waals surface area contributed by atoms with E-state index in [0.29, 0.717) is 5.56 Å². The largest absolute Gasteiger partial charge is 0.435 e. The van der Waals surface area contributed by atoms with Crippen molar-refractivity contribution in [1.29, 1.82) is 0 Å². The predicted molar refractivity (Wildman–Crippen MR) is 51.7 cm³/mol. The smallest absolute Gasteiger partial charge is 0.387 e. The van der Waals surface area contributed by atoms with E-state index in [9.17, 15) is 13.9 Å². The molecule has 0 heterocycles. The number of hydrogen-bond donors (Lipinski definition) is 2. The molecule has 1 aromatic carbocycles. The topological polar surface area (TPSA) is 55.5 Å². The minimum atomic E-state index is -2.84. The van der Waals surface area contributed by atoms with Crippen LogP contribution in [0, 0.1) is 0 Å². The molecule has 1 unspecified atom stereocenters. The molecule has 0 spiro atoms. The molecule has 0 aliphatic rings. The summed E-state index contributed by atoms with van der Waals surface area (Å²) in [6, 6.07) is 5.74. The van der Waals surface area contributed by atoms with E-state index in [0.717, 1.165) is 0 Å². The summed E-state index contributed by atoms with van der Waals surface area (Å²) in [5.41, 5.74) is 4.77. The van der Waals surface area contributed by atoms with E-state index in [-0.39, 0.29) is 12.3 Å². The van der Waals surface area contributed by atoms with Crippen molar-refractivity contribution >= 4 is 0 Å². The summed E-state index contributed by atoms with van der Waals surface area (Å²) < 4.78 is 27.8. The molecule has 0 aliphatic heterocycles. The maximum absolute atomic E-state index is 11.8. The molecule has 0 amide bonds. The SMILES string of the molecule is CC(O)(CN)c1ccc(OC(F)F)cc1. The van der Waals surface area contributed by atoms with E-state index >= 15 is 0 Å². The third-order valence-electron chi connectivity index (χ3n) is 2.10. The maximum atomic E-state index is 11.8. The molecule has 0 aliphatic carbocycles. The Morgan fingerprint density at radius 1 is 1.40 bits per heavy atom. The van der Waals surface area contributed by atoms with Crippen molar-refractivity contribution in [3.63, 3.8) is 0 Å². The quantitative estimate of drug-likeness (QED) is 0.802. The van der Waals surface area contributed by atoms with Gasteiger partial charge in [-0.3, -0.25) is 0 Å². The highest BCUT2D eigenvalue weighted by atomic mass is 19.3. The third-order valence-corrected chi connectivity index (χ3v) is 2.10. The summed E-state index contributed by atoms with van der Waals surface area (Å²) in [7, 11) is 0. The first-order valence-electron chi connectivity index (χ1n) is 4.43. The van der Waals surface area contributed by atoms with Gasteiger partial charge < -0.3 is 15.6 Å². The molecule has 1 aromatic rings. The lowest BCUT2D eigenvalue weighted by molar-refractivity contribution is -0.0498. The number of hydrogen-bond acceptors (Lipinski definition) is 3. The summed E-state index contributed by atoms with van der Waals surface area (Å²) in [5, 5.41) is 9.75. The molecule has 0 fully saturated rings. The Balaban J connectivity index is 2.81. The molecule has 3 N–H and O–H groups in total. The highest BCUT2D eigenvalue weighted by Crippen LogP contribution is 2.22. The van der Waals surface area contributed by atoms with Crippen molar-refractivity contribution in [1.82, 2.24) is 0 Å². The molecule has 0 radical (unpaired) electrons. The fourth-order valence-corrected chi connectivity index (χ4v) is 1.11. The van der Waals surface area contributed by atoms with Gasteiger partial charge in [-0.05, 0) is 24.6 Å². The first kappa shape index (κ1) is 11.9. The van der Waals surface area contributed by atoms with Crippen LogP contribution in [0.4, 0.5) is 8.78 Å². The van der Waals surface area contributed by atoms with Crippen LogP contribution < -0.4 is 10.5 Å². The van der Waals surface area contributed by atoms with Crippen molar-refractivity contribution in [2.75, 3.05) is 6.54 Å². The zero-order valence-electron chi connectivity index (χ0n) is 8.28. The van der Waals surface area contributed by atoms with E-state index in [1.807, 2.05) is 0 Å². The van der Waals surface area contributed by atoms with Gasteiger partial charge in [-0.2, -0.15) is 8.78 Å². The molecule has 15 heavy (non-hydrogen) atoms. The van der Waals surface area contributed by atoms with E-state index in [1.54, 1.807) is 6.92 Å². The second kappa shape index (κ2) is 4.55. The second-order valence-corrected chi connectivity index (χ2v) is 3.38. The fraction of sp³-hybridized carbons (Fsp3) is 0.400. The van der Waals surface area contributed by atoms with Gasteiger partial charge >= 0.3 is 6.61 Å². The highest BCUT2D eigenvalue weighted by molar-refractivity contribution is 5.30. The third kappa shape index (κ3) is 3.14. The molecule has 0 saturated heterocycles. The van der Waals surface area contributed by atoms with Crippen molar-refractivity contribution in [3.8, 4) is 5.75 Å². The lowest BCUT2D eigenvalue weighted by atomic mass is 9.96. The van der Waals surface area contributed by atoms with Gasteiger partial charge in [-0.25, -0.2) is 0 Å². The molecular formula is C10H13F2NO2. The van der Waals surface area contributed by atoms with Crippen LogP contribution in [-0.4, -0.2) is 18.3 Å². The van der Waals surface area contributed by atoms with Crippen LogP contribution in [0.3, 0.4) is 0 Å². The lowest BCUT2D eigenvalue weighted by Gasteiger charge is -2.21. The van der Waals surface area contributed by atoms with Gasteiger partial charge in [0, 0.05) is 6.54 Å². The standard InChI is InChI=1S/C10H13F2NO2/c1-10(14,6-13)7-2-4-8(5-3-7)15-9(11)12/h2-5,9,14H,6,13H2,1H3. The average Bonchev–Trinajstić information content (AvgIpc) is 2.18. The normalized spacial score (nSPS) is 15.1. The summed E-state index contributed by atoms with van der Waals surface area (Å²) in [4.78, 5) is 0. The number of rotatable bonds is 4. The average molecular weight is 217 g/mol. The molecule has 84 valence electrons. The van der Waals surface area contributed by atoms with E-state index in [1.165, 1.54) is 24.3 Å². The van der Waals surface area contributed by atoms with Gasteiger partial charge in [0.2, 0.25) is 0 Å². The Morgan fingerprint density at radius 2 is 1.93 bits per heavy atom. The number of benzene rings is 1. The molecule has 3 nitrogen and oxygen atoms in total. The molecular weight excluding hydrogens is 204 g/mol. The molecule has 0 saturated carbocycles. The minimum Gasteiger partial charge on any atom is -0.435 e. The number of ether oxygens (including phenoxy) is 1. The Morgan fingerprint density at radius 3 is 2.33 bits per heavy atom. The Labute approximate surface area is 86.5 Å². The zero-order chi connectivity index (χ0) is 11.5. The van der Waals surface area contributed by atoms with E-state index in [4.69, 9.17) is 5.73 Å². The zero-order valence-corrected chi connectivity index (χ0v) is 8.28. The minimum absolute atomic E-state index is 0.0570. The van der Waals surface area contributed by atoms with Crippen molar-refractivity contribution < 1.29 is 18.6 Å². The van der Waals surface area contributed by atoms with Gasteiger partial charge in [0.25, 0.3) is 0 Å². The van der Waals surface area contributed by atoms with Crippen LogP contribution in [0.2, 0.25) is 0 Å². The Bertz CT molecular complexity index is 312. The maximum Gasteiger partial charge on any atom is 0.387 e. The van der Waals surface area contributed by atoms with Crippen molar-refractivity contribution in [2.45, 2.75) is 19.1 Å². The van der Waals surface area contributed by atoms with Crippen LogP contribution in [0.25, 0.3) is 0 Å². The second-order valence-electron chi connectivity index (χ2n) is 3.38. The van der Waals surface area contributed by atoms with Gasteiger partial charge in [-0.15, -0.1) is 0 Å². The highest BCUT2D eigenvalue weighted by Gasteiger charge is 2.20.